The molecule has 31 heavy (non-hydrogen) atoms. The fourth-order valence-electron chi connectivity index (χ4n) is 3.40. The number of fused-ring (bicyclic) bond motifs is 1. The van der Waals surface area contributed by atoms with Crippen LogP contribution in [0.3, 0.4) is 0 Å². The van der Waals surface area contributed by atoms with E-state index >= 15 is 0 Å². The molecule has 0 spiro atoms. The lowest BCUT2D eigenvalue weighted by atomic mass is 10.1. The highest BCUT2D eigenvalue weighted by Gasteiger charge is 2.26. The monoisotopic (exact) mass is 422 g/mol. The summed E-state index contributed by atoms with van der Waals surface area (Å²) in [5, 5.41) is 0. The van der Waals surface area contributed by atoms with Crippen LogP contribution in [0.4, 0.5) is 0 Å². The van der Waals surface area contributed by atoms with Crippen LogP contribution in [0.1, 0.15) is 42.1 Å². The molecule has 1 unspecified atom stereocenters. The van der Waals surface area contributed by atoms with Gasteiger partial charge in [0.1, 0.15) is 18.5 Å². The Hall–Kier alpha value is -3.24. The van der Waals surface area contributed by atoms with E-state index in [2.05, 4.69) is 23.7 Å². The van der Waals surface area contributed by atoms with Gasteiger partial charge >= 0.3 is 0 Å². The van der Waals surface area contributed by atoms with Crippen molar-refractivity contribution in [2.45, 2.75) is 32.3 Å². The Balaban J connectivity index is 1.33. The van der Waals surface area contributed by atoms with Gasteiger partial charge in [0, 0.05) is 37.0 Å². The van der Waals surface area contributed by atoms with Crippen molar-refractivity contribution in [3.63, 3.8) is 0 Å². The van der Waals surface area contributed by atoms with Crippen LogP contribution in [0.25, 0.3) is 0 Å². The first-order valence-corrected chi connectivity index (χ1v) is 10.6. The number of morpholine rings is 1. The minimum atomic E-state index is -0.215. The average molecular weight is 422 g/mol. The molecule has 7 heteroatoms. The number of carbonyl (C=O) groups excluding carboxylic acids is 1. The number of pyridine rings is 1. The van der Waals surface area contributed by atoms with Crippen LogP contribution in [-0.2, 0) is 4.74 Å². The van der Waals surface area contributed by atoms with Crippen LogP contribution in [0.2, 0.25) is 0 Å². The number of benzene rings is 1. The minimum absolute atomic E-state index is 0.0684. The highest BCUT2D eigenvalue weighted by Crippen LogP contribution is 2.35. The predicted octanol–water partition coefficient (Wildman–Crippen LogP) is 3.27. The maximum absolute atomic E-state index is 13.0. The van der Waals surface area contributed by atoms with E-state index in [0.29, 0.717) is 49.1 Å². The zero-order chi connectivity index (χ0) is 21.5. The van der Waals surface area contributed by atoms with E-state index in [1.807, 2.05) is 18.2 Å². The lowest BCUT2D eigenvalue weighted by molar-refractivity contribution is -0.0401. The van der Waals surface area contributed by atoms with Crippen LogP contribution < -0.4 is 14.2 Å². The van der Waals surface area contributed by atoms with Gasteiger partial charge in [-0.15, -0.1) is 0 Å². The molecule has 1 amide bonds. The number of hydrogen-bond donors (Lipinski definition) is 0. The summed E-state index contributed by atoms with van der Waals surface area (Å²) < 4.78 is 22.3. The number of amides is 1. The molecule has 3 heterocycles. The molecule has 1 fully saturated rings. The minimum Gasteiger partial charge on any atom is -0.491 e. The van der Waals surface area contributed by atoms with Gasteiger partial charge in [-0.3, -0.25) is 9.78 Å². The molecule has 0 N–H and O–H groups in total. The summed E-state index contributed by atoms with van der Waals surface area (Å²) in [7, 11) is 0. The van der Waals surface area contributed by atoms with Gasteiger partial charge in [0.05, 0.1) is 18.7 Å². The van der Waals surface area contributed by atoms with Gasteiger partial charge in [0.15, 0.2) is 11.5 Å². The van der Waals surface area contributed by atoms with Crippen molar-refractivity contribution in [1.29, 1.82) is 0 Å². The summed E-state index contributed by atoms with van der Waals surface area (Å²) in [6.45, 7) is 4.15. The second kappa shape index (κ2) is 10.2. The molecule has 0 bridgehead atoms. The van der Waals surface area contributed by atoms with E-state index < -0.39 is 0 Å². The lowest BCUT2D eigenvalue weighted by Gasteiger charge is -2.32. The topological polar surface area (TPSA) is 70.1 Å². The first-order chi connectivity index (χ1) is 15.2. The van der Waals surface area contributed by atoms with E-state index in [9.17, 15) is 4.79 Å². The number of carbonyl (C=O) groups is 1. The second-order valence-electron chi connectivity index (χ2n) is 7.44. The fourth-order valence-corrected chi connectivity index (χ4v) is 3.40. The summed E-state index contributed by atoms with van der Waals surface area (Å²) in [6.07, 6.45) is 6.10. The summed E-state index contributed by atoms with van der Waals surface area (Å²) >= 11 is 0. The Bertz CT molecular complexity index is 981. The third kappa shape index (κ3) is 5.47. The molecule has 162 valence electrons. The number of nitrogens with zero attached hydrogens (tertiary/aromatic N) is 2. The molecule has 7 nitrogen and oxygen atoms in total. The normalized spacial score (nSPS) is 17.1. The first kappa shape index (κ1) is 21.0. The number of hydrogen-bond acceptors (Lipinski definition) is 6. The van der Waals surface area contributed by atoms with E-state index in [1.165, 1.54) is 0 Å². The van der Waals surface area contributed by atoms with Crippen LogP contribution in [0.5, 0.6) is 17.2 Å². The Morgan fingerprint density at radius 1 is 1.26 bits per heavy atom. The Morgan fingerprint density at radius 3 is 3.06 bits per heavy atom. The average Bonchev–Trinajstić information content (AvgIpc) is 3.28. The van der Waals surface area contributed by atoms with Crippen molar-refractivity contribution in [3.8, 4) is 29.1 Å². The van der Waals surface area contributed by atoms with E-state index in [0.717, 1.165) is 24.8 Å². The molecule has 4 rings (SSSR count). The van der Waals surface area contributed by atoms with E-state index in [4.69, 9.17) is 18.9 Å². The molecule has 2 aromatic rings. The van der Waals surface area contributed by atoms with E-state index in [1.54, 1.807) is 23.4 Å². The van der Waals surface area contributed by atoms with Gasteiger partial charge in [-0.1, -0.05) is 25.2 Å². The van der Waals surface area contributed by atoms with E-state index in [-0.39, 0.29) is 18.8 Å². The van der Waals surface area contributed by atoms with Crippen molar-refractivity contribution in [2.75, 3.05) is 33.1 Å². The van der Waals surface area contributed by atoms with Crippen LogP contribution in [-0.4, -0.2) is 55.0 Å². The predicted molar refractivity (Wildman–Crippen MR) is 114 cm³/mol. The Kier molecular flexibility index (Phi) is 6.90. The van der Waals surface area contributed by atoms with Crippen molar-refractivity contribution in [2.24, 2.45) is 0 Å². The standard InChI is InChI=1S/C24H26N2O5/c1-2-3-4-5-6-18-11-19(14-25-13-18)24(27)26-9-10-28-21(15-26)16-29-20-7-8-22-23(12-20)31-17-30-22/h7-8,11-14,21H,2-4,9-10,15-17H2,1H3. The van der Waals surface area contributed by atoms with Crippen molar-refractivity contribution < 1.29 is 23.7 Å². The van der Waals surface area contributed by atoms with Gasteiger partial charge in [0.2, 0.25) is 6.79 Å². The quantitative estimate of drug-likeness (QED) is 0.526. The molecular formula is C24H26N2O5. The molecule has 2 aliphatic rings. The van der Waals surface area contributed by atoms with Gasteiger partial charge in [-0.2, -0.15) is 0 Å². The first-order valence-electron chi connectivity index (χ1n) is 10.6. The molecule has 1 aromatic heterocycles. The Labute approximate surface area is 182 Å². The lowest BCUT2D eigenvalue weighted by Crippen LogP contribution is -2.47. The number of unbranched alkanes of at least 4 members (excludes halogenated alkanes) is 2. The molecule has 0 radical (unpaired) electrons. The van der Waals surface area contributed by atoms with Crippen molar-refractivity contribution in [3.05, 3.63) is 47.8 Å². The summed E-state index contributed by atoms with van der Waals surface area (Å²) in [5.74, 6) is 8.22. The maximum atomic E-state index is 13.0. The summed E-state index contributed by atoms with van der Waals surface area (Å²) in [6, 6.07) is 7.26. The molecule has 0 saturated carbocycles. The largest absolute Gasteiger partial charge is 0.491 e. The molecule has 1 saturated heterocycles. The number of rotatable bonds is 6. The molecule has 1 aromatic carbocycles. The number of ether oxygens (including phenoxy) is 4. The molecule has 1 atom stereocenters. The smallest absolute Gasteiger partial charge is 0.255 e. The molecule has 2 aliphatic heterocycles. The van der Waals surface area contributed by atoms with Crippen LogP contribution in [0, 0.1) is 11.8 Å². The van der Waals surface area contributed by atoms with Gasteiger partial charge in [0.25, 0.3) is 5.91 Å². The fraction of sp³-hybridized carbons (Fsp3) is 0.417. The second-order valence-corrected chi connectivity index (χ2v) is 7.44. The van der Waals surface area contributed by atoms with Gasteiger partial charge in [-0.05, 0) is 24.6 Å². The zero-order valence-corrected chi connectivity index (χ0v) is 17.6. The van der Waals surface area contributed by atoms with Gasteiger partial charge in [-0.25, -0.2) is 0 Å². The summed E-state index contributed by atoms with van der Waals surface area (Å²) in [5.41, 5.74) is 1.30. The third-order valence-corrected chi connectivity index (χ3v) is 5.08. The van der Waals surface area contributed by atoms with Crippen LogP contribution in [0.15, 0.2) is 36.7 Å². The zero-order valence-electron chi connectivity index (χ0n) is 17.6. The van der Waals surface area contributed by atoms with Gasteiger partial charge < -0.3 is 23.8 Å². The number of aromatic nitrogens is 1. The van der Waals surface area contributed by atoms with Crippen molar-refractivity contribution >= 4 is 5.91 Å². The Morgan fingerprint density at radius 2 is 2.16 bits per heavy atom. The van der Waals surface area contributed by atoms with Crippen molar-refractivity contribution in [1.82, 2.24) is 9.88 Å². The SMILES string of the molecule is CCCCC#Cc1cncc(C(=O)N2CCOC(COc3ccc4c(c3)OCO4)C2)c1. The molecular weight excluding hydrogens is 396 g/mol. The molecule has 0 aliphatic carbocycles. The highest BCUT2D eigenvalue weighted by molar-refractivity contribution is 5.94. The maximum Gasteiger partial charge on any atom is 0.255 e. The third-order valence-electron chi connectivity index (χ3n) is 5.08. The highest BCUT2D eigenvalue weighted by atomic mass is 16.7. The van der Waals surface area contributed by atoms with Crippen LogP contribution >= 0.6 is 0 Å². The summed E-state index contributed by atoms with van der Waals surface area (Å²) in [4.78, 5) is 19.0.